The van der Waals surface area contributed by atoms with Crippen LogP contribution in [0.15, 0.2) is 36.7 Å². The molecule has 0 aliphatic heterocycles. The zero-order valence-electron chi connectivity index (χ0n) is 10.1. The third-order valence-corrected chi connectivity index (χ3v) is 3.03. The van der Waals surface area contributed by atoms with Crippen molar-refractivity contribution >= 4 is 28.5 Å². The van der Waals surface area contributed by atoms with Crippen LogP contribution in [0.2, 0.25) is 0 Å². The lowest BCUT2D eigenvalue weighted by Gasteiger charge is -2.05. The highest BCUT2D eigenvalue weighted by Crippen LogP contribution is 2.11. The first-order valence-corrected chi connectivity index (χ1v) is 6.70. The Kier molecular flexibility index (Phi) is 4.74. The molecule has 0 aliphatic rings. The standard InChI is InChI=1S/C13H14IN3O/c1-18-12-4-2-10(3-5-12)6-7-15-13-16-8-11(14)9-17-13/h2-5,8-9H,6-7H2,1H3,(H,15,16,17). The molecule has 0 radical (unpaired) electrons. The number of nitrogens with zero attached hydrogens (tertiary/aromatic N) is 2. The van der Waals surface area contributed by atoms with Crippen molar-refractivity contribution in [2.75, 3.05) is 19.0 Å². The number of ether oxygens (including phenoxy) is 1. The number of hydrogen-bond acceptors (Lipinski definition) is 4. The van der Waals surface area contributed by atoms with Crippen molar-refractivity contribution in [2.45, 2.75) is 6.42 Å². The quantitative estimate of drug-likeness (QED) is 0.838. The number of nitrogens with one attached hydrogen (secondary N) is 1. The highest BCUT2D eigenvalue weighted by Gasteiger charge is 1.97. The molecule has 0 saturated carbocycles. The molecule has 1 aromatic carbocycles. The second-order valence-corrected chi connectivity index (χ2v) is 5.00. The number of halogens is 1. The van der Waals surface area contributed by atoms with E-state index in [0.29, 0.717) is 5.95 Å². The van der Waals surface area contributed by atoms with Gasteiger partial charge in [0.1, 0.15) is 5.75 Å². The van der Waals surface area contributed by atoms with Gasteiger partial charge in [0.25, 0.3) is 0 Å². The van der Waals surface area contributed by atoms with E-state index < -0.39 is 0 Å². The zero-order chi connectivity index (χ0) is 12.8. The van der Waals surface area contributed by atoms with Gasteiger partial charge in [-0.3, -0.25) is 0 Å². The number of hydrogen-bond donors (Lipinski definition) is 1. The number of aromatic nitrogens is 2. The normalized spacial score (nSPS) is 10.1. The lowest BCUT2D eigenvalue weighted by Crippen LogP contribution is -2.07. The maximum Gasteiger partial charge on any atom is 0.222 e. The predicted molar refractivity (Wildman–Crippen MR) is 79.9 cm³/mol. The molecule has 18 heavy (non-hydrogen) atoms. The summed E-state index contributed by atoms with van der Waals surface area (Å²) >= 11 is 2.19. The molecule has 0 amide bonds. The van der Waals surface area contributed by atoms with E-state index in [2.05, 4.69) is 50.0 Å². The van der Waals surface area contributed by atoms with Crippen LogP contribution >= 0.6 is 22.6 Å². The zero-order valence-corrected chi connectivity index (χ0v) is 12.2. The Bertz CT molecular complexity index is 485. The summed E-state index contributed by atoms with van der Waals surface area (Å²) in [7, 11) is 1.67. The van der Waals surface area contributed by atoms with E-state index in [0.717, 1.165) is 22.3 Å². The Labute approximate surface area is 120 Å². The number of rotatable bonds is 5. The monoisotopic (exact) mass is 355 g/mol. The summed E-state index contributed by atoms with van der Waals surface area (Å²) in [6.45, 7) is 0.812. The fraction of sp³-hybridized carbons (Fsp3) is 0.231. The molecule has 0 fully saturated rings. The van der Waals surface area contributed by atoms with Crippen molar-refractivity contribution < 1.29 is 4.74 Å². The second-order valence-electron chi connectivity index (χ2n) is 3.75. The predicted octanol–water partition coefficient (Wildman–Crippen LogP) is 2.74. The molecule has 1 heterocycles. The third kappa shape index (κ3) is 3.83. The van der Waals surface area contributed by atoms with Crippen LogP contribution in [0, 0.1) is 3.57 Å². The smallest absolute Gasteiger partial charge is 0.222 e. The van der Waals surface area contributed by atoms with Gasteiger partial charge in [-0.15, -0.1) is 0 Å². The number of benzene rings is 1. The van der Waals surface area contributed by atoms with Gasteiger partial charge in [-0.05, 0) is 46.7 Å². The summed E-state index contributed by atoms with van der Waals surface area (Å²) in [4.78, 5) is 8.37. The van der Waals surface area contributed by atoms with Crippen LogP contribution in [0.25, 0.3) is 0 Å². The summed E-state index contributed by atoms with van der Waals surface area (Å²) in [6.07, 6.45) is 4.52. The Morgan fingerprint density at radius 3 is 2.44 bits per heavy atom. The van der Waals surface area contributed by atoms with Gasteiger partial charge in [0.15, 0.2) is 0 Å². The fourth-order valence-corrected chi connectivity index (χ4v) is 1.79. The molecule has 94 valence electrons. The van der Waals surface area contributed by atoms with Crippen LogP contribution < -0.4 is 10.1 Å². The van der Waals surface area contributed by atoms with E-state index in [1.807, 2.05) is 12.1 Å². The molecule has 2 rings (SSSR count). The molecule has 0 aliphatic carbocycles. The molecule has 1 N–H and O–H groups in total. The van der Waals surface area contributed by atoms with Gasteiger partial charge in [0.05, 0.1) is 7.11 Å². The van der Waals surface area contributed by atoms with E-state index in [-0.39, 0.29) is 0 Å². The summed E-state index contributed by atoms with van der Waals surface area (Å²) in [5.74, 6) is 1.55. The van der Waals surface area contributed by atoms with Crippen molar-refractivity contribution in [3.05, 3.63) is 45.8 Å². The maximum absolute atomic E-state index is 5.12. The largest absolute Gasteiger partial charge is 0.497 e. The molecule has 2 aromatic rings. The first-order valence-electron chi connectivity index (χ1n) is 5.62. The van der Waals surface area contributed by atoms with Gasteiger partial charge >= 0.3 is 0 Å². The molecule has 0 unspecified atom stereocenters. The topological polar surface area (TPSA) is 47.0 Å². The average Bonchev–Trinajstić information content (AvgIpc) is 2.42. The number of methoxy groups -OCH3 is 1. The van der Waals surface area contributed by atoms with E-state index in [1.165, 1.54) is 5.56 Å². The van der Waals surface area contributed by atoms with Crippen molar-refractivity contribution in [1.29, 1.82) is 0 Å². The molecule has 1 aromatic heterocycles. The summed E-state index contributed by atoms with van der Waals surface area (Å²) in [5.41, 5.74) is 1.26. The second kappa shape index (κ2) is 6.53. The SMILES string of the molecule is COc1ccc(CCNc2ncc(I)cn2)cc1. The lowest BCUT2D eigenvalue weighted by atomic mass is 10.1. The van der Waals surface area contributed by atoms with Crippen molar-refractivity contribution in [1.82, 2.24) is 9.97 Å². The highest BCUT2D eigenvalue weighted by molar-refractivity contribution is 14.1. The molecule has 0 bridgehead atoms. The summed E-state index contributed by atoms with van der Waals surface area (Å²) in [6, 6.07) is 8.07. The lowest BCUT2D eigenvalue weighted by molar-refractivity contribution is 0.414. The van der Waals surface area contributed by atoms with E-state index >= 15 is 0 Å². The Hall–Kier alpha value is -1.37. The Morgan fingerprint density at radius 1 is 1.17 bits per heavy atom. The summed E-state index contributed by atoms with van der Waals surface area (Å²) in [5, 5.41) is 3.19. The minimum Gasteiger partial charge on any atom is -0.497 e. The van der Waals surface area contributed by atoms with Gasteiger partial charge in [0.2, 0.25) is 5.95 Å². The number of anilines is 1. The third-order valence-electron chi connectivity index (χ3n) is 2.48. The van der Waals surface area contributed by atoms with E-state index in [4.69, 9.17) is 4.74 Å². The van der Waals surface area contributed by atoms with Crippen molar-refractivity contribution in [2.24, 2.45) is 0 Å². The van der Waals surface area contributed by atoms with Gasteiger partial charge in [0, 0.05) is 22.5 Å². The first-order chi connectivity index (χ1) is 8.78. The Balaban J connectivity index is 1.82. The van der Waals surface area contributed by atoms with E-state index in [9.17, 15) is 0 Å². The molecule has 0 spiro atoms. The summed E-state index contributed by atoms with van der Waals surface area (Å²) < 4.78 is 6.15. The maximum atomic E-state index is 5.12. The molecule has 5 heteroatoms. The molecular weight excluding hydrogens is 341 g/mol. The van der Waals surface area contributed by atoms with Crippen molar-refractivity contribution in [3.8, 4) is 5.75 Å². The van der Waals surface area contributed by atoms with Crippen LogP contribution in [-0.4, -0.2) is 23.6 Å². The van der Waals surface area contributed by atoms with Gasteiger partial charge in [-0.1, -0.05) is 12.1 Å². The van der Waals surface area contributed by atoms with E-state index in [1.54, 1.807) is 19.5 Å². The van der Waals surface area contributed by atoms with Gasteiger partial charge in [-0.2, -0.15) is 0 Å². The molecule has 4 nitrogen and oxygen atoms in total. The van der Waals surface area contributed by atoms with Gasteiger partial charge in [-0.25, -0.2) is 9.97 Å². The van der Waals surface area contributed by atoms with Crippen LogP contribution in [-0.2, 0) is 6.42 Å². The molecular formula is C13H14IN3O. The molecule has 0 saturated heterocycles. The van der Waals surface area contributed by atoms with Crippen LogP contribution in [0.5, 0.6) is 5.75 Å². The minimum atomic E-state index is 0.670. The van der Waals surface area contributed by atoms with Crippen LogP contribution in [0.4, 0.5) is 5.95 Å². The van der Waals surface area contributed by atoms with Crippen LogP contribution in [0.1, 0.15) is 5.56 Å². The average molecular weight is 355 g/mol. The minimum absolute atomic E-state index is 0.670. The highest BCUT2D eigenvalue weighted by atomic mass is 127. The van der Waals surface area contributed by atoms with Crippen molar-refractivity contribution in [3.63, 3.8) is 0 Å². The first kappa shape index (κ1) is 13.1. The Morgan fingerprint density at radius 2 is 1.83 bits per heavy atom. The van der Waals surface area contributed by atoms with Gasteiger partial charge < -0.3 is 10.1 Å². The fourth-order valence-electron chi connectivity index (χ4n) is 1.51. The molecule has 0 atom stereocenters. The van der Waals surface area contributed by atoms with Crippen LogP contribution in [0.3, 0.4) is 0 Å².